The van der Waals surface area contributed by atoms with Crippen molar-refractivity contribution in [3.8, 4) is 11.4 Å². The SMILES string of the molecule is Cc1ccc(-n2cc(C(=O)c3cc(Br)ccc3OCC(=O)O)cn2)c(Br)c1. The Labute approximate surface area is 172 Å². The first-order valence-corrected chi connectivity index (χ1v) is 9.44. The normalized spacial score (nSPS) is 10.6. The molecule has 1 N–H and O–H groups in total. The maximum Gasteiger partial charge on any atom is 0.341 e. The molecule has 6 nitrogen and oxygen atoms in total. The van der Waals surface area contributed by atoms with Crippen LogP contribution in [0.25, 0.3) is 5.69 Å². The highest BCUT2D eigenvalue weighted by Gasteiger charge is 2.18. The van der Waals surface area contributed by atoms with Gasteiger partial charge in [0.2, 0.25) is 0 Å². The van der Waals surface area contributed by atoms with Gasteiger partial charge in [0.1, 0.15) is 5.75 Å². The fraction of sp³-hybridized carbons (Fsp3) is 0.105. The Kier molecular flexibility index (Phi) is 5.76. The number of aryl methyl sites for hydroxylation is 1. The quantitative estimate of drug-likeness (QED) is 0.514. The standard InChI is InChI=1S/C19H14Br2N2O4/c1-11-2-4-16(15(21)6-11)23-9-12(8-22-23)19(26)14-7-13(20)3-5-17(14)27-10-18(24)25/h2-9H,10H2,1H3,(H,24,25). The predicted molar refractivity (Wildman–Crippen MR) is 107 cm³/mol. The number of benzene rings is 2. The van der Waals surface area contributed by atoms with Crippen LogP contribution in [0.1, 0.15) is 21.5 Å². The summed E-state index contributed by atoms with van der Waals surface area (Å²) in [6.45, 7) is 1.45. The zero-order chi connectivity index (χ0) is 19.6. The molecule has 0 aliphatic rings. The Hall–Kier alpha value is -2.45. The molecule has 1 heterocycles. The number of halogens is 2. The van der Waals surface area contributed by atoms with Crippen molar-refractivity contribution in [1.29, 1.82) is 0 Å². The number of carbonyl (C=O) groups excluding carboxylic acids is 1. The van der Waals surface area contributed by atoms with Crippen LogP contribution in [0.5, 0.6) is 5.75 Å². The highest BCUT2D eigenvalue weighted by molar-refractivity contribution is 9.10. The van der Waals surface area contributed by atoms with Gasteiger partial charge in [-0.3, -0.25) is 4.79 Å². The lowest BCUT2D eigenvalue weighted by atomic mass is 10.1. The van der Waals surface area contributed by atoms with Gasteiger partial charge < -0.3 is 9.84 Å². The van der Waals surface area contributed by atoms with Gasteiger partial charge in [0.05, 0.1) is 23.0 Å². The monoisotopic (exact) mass is 492 g/mol. The van der Waals surface area contributed by atoms with E-state index >= 15 is 0 Å². The van der Waals surface area contributed by atoms with E-state index < -0.39 is 12.6 Å². The number of aliphatic carboxylic acids is 1. The number of aromatic nitrogens is 2. The van der Waals surface area contributed by atoms with Gasteiger partial charge in [-0.2, -0.15) is 5.10 Å². The molecule has 0 aliphatic heterocycles. The van der Waals surface area contributed by atoms with E-state index in [9.17, 15) is 9.59 Å². The molecule has 0 fully saturated rings. The van der Waals surface area contributed by atoms with Crippen LogP contribution in [0.2, 0.25) is 0 Å². The molecular weight excluding hydrogens is 480 g/mol. The van der Waals surface area contributed by atoms with Crippen molar-refractivity contribution in [3.63, 3.8) is 0 Å². The van der Waals surface area contributed by atoms with Gasteiger partial charge in [0, 0.05) is 15.1 Å². The van der Waals surface area contributed by atoms with Gasteiger partial charge in [-0.15, -0.1) is 0 Å². The van der Waals surface area contributed by atoms with Crippen molar-refractivity contribution in [3.05, 3.63) is 74.4 Å². The minimum absolute atomic E-state index is 0.204. The fourth-order valence-corrected chi connectivity index (χ4v) is 3.51. The Morgan fingerprint density at radius 3 is 2.67 bits per heavy atom. The first-order chi connectivity index (χ1) is 12.8. The third-order valence-corrected chi connectivity index (χ3v) is 4.86. The molecule has 0 saturated heterocycles. The third kappa shape index (κ3) is 4.45. The van der Waals surface area contributed by atoms with Crippen LogP contribution >= 0.6 is 31.9 Å². The molecule has 138 valence electrons. The summed E-state index contributed by atoms with van der Waals surface area (Å²) >= 11 is 6.83. The molecule has 0 unspecified atom stereocenters. The van der Waals surface area contributed by atoms with Crippen LogP contribution in [0.15, 0.2) is 57.7 Å². The average Bonchev–Trinajstić information content (AvgIpc) is 3.09. The van der Waals surface area contributed by atoms with E-state index in [1.807, 2.05) is 25.1 Å². The molecule has 0 amide bonds. The minimum atomic E-state index is -1.12. The molecule has 3 rings (SSSR count). The molecule has 0 radical (unpaired) electrons. The number of ether oxygens (including phenoxy) is 1. The fourth-order valence-electron chi connectivity index (χ4n) is 2.47. The zero-order valence-corrected chi connectivity index (χ0v) is 17.3. The van der Waals surface area contributed by atoms with Crippen molar-refractivity contribution < 1.29 is 19.4 Å². The lowest BCUT2D eigenvalue weighted by Crippen LogP contribution is -2.12. The summed E-state index contributed by atoms with van der Waals surface area (Å²) in [6, 6.07) is 10.7. The Bertz CT molecular complexity index is 1030. The number of ketones is 1. The molecule has 0 aliphatic carbocycles. The van der Waals surface area contributed by atoms with Crippen LogP contribution < -0.4 is 4.74 Å². The van der Waals surface area contributed by atoms with E-state index in [4.69, 9.17) is 9.84 Å². The topological polar surface area (TPSA) is 81.4 Å². The molecule has 27 heavy (non-hydrogen) atoms. The van der Waals surface area contributed by atoms with E-state index in [0.717, 1.165) is 15.7 Å². The number of hydrogen-bond acceptors (Lipinski definition) is 4. The number of hydrogen-bond donors (Lipinski definition) is 1. The van der Waals surface area contributed by atoms with Crippen LogP contribution in [0.4, 0.5) is 0 Å². The molecular formula is C19H14Br2N2O4. The summed E-state index contributed by atoms with van der Waals surface area (Å²) in [6.07, 6.45) is 3.09. The van der Waals surface area contributed by atoms with Crippen molar-refractivity contribution >= 4 is 43.6 Å². The molecule has 3 aromatic rings. The smallest absolute Gasteiger partial charge is 0.341 e. The Morgan fingerprint density at radius 1 is 1.19 bits per heavy atom. The summed E-state index contributed by atoms with van der Waals surface area (Å²) in [7, 11) is 0. The Morgan fingerprint density at radius 2 is 1.96 bits per heavy atom. The van der Waals surface area contributed by atoms with Gasteiger partial charge in [-0.25, -0.2) is 9.48 Å². The molecule has 1 aromatic heterocycles. The highest BCUT2D eigenvalue weighted by atomic mass is 79.9. The van der Waals surface area contributed by atoms with Crippen LogP contribution in [0.3, 0.4) is 0 Å². The van der Waals surface area contributed by atoms with Crippen molar-refractivity contribution in [2.24, 2.45) is 0 Å². The molecule has 2 aromatic carbocycles. The first-order valence-electron chi connectivity index (χ1n) is 7.85. The van der Waals surface area contributed by atoms with Crippen molar-refractivity contribution in [2.45, 2.75) is 6.92 Å². The van der Waals surface area contributed by atoms with Gasteiger partial charge in [0.15, 0.2) is 12.4 Å². The van der Waals surface area contributed by atoms with Crippen molar-refractivity contribution in [2.75, 3.05) is 6.61 Å². The van der Waals surface area contributed by atoms with Crippen LogP contribution in [-0.2, 0) is 4.79 Å². The van der Waals surface area contributed by atoms with E-state index in [2.05, 4.69) is 37.0 Å². The lowest BCUT2D eigenvalue weighted by Gasteiger charge is -2.09. The Balaban J connectivity index is 1.94. The number of carboxylic acids is 1. The number of nitrogens with zero attached hydrogens (tertiary/aromatic N) is 2. The first kappa shape index (κ1) is 19.3. The number of carboxylic acid groups (broad SMARTS) is 1. The van der Waals surface area contributed by atoms with E-state index in [-0.39, 0.29) is 17.1 Å². The summed E-state index contributed by atoms with van der Waals surface area (Å²) in [4.78, 5) is 23.7. The summed E-state index contributed by atoms with van der Waals surface area (Å²) in [5, 5.41) is 13.1. The summed E-state index contributed by atoms with van der Waals surface area (Å²) < 4.78 is 8.39. The molecule has 0 saturated carbocycles. The van der Waals surface area contributed by atoms with Gasteiger partial charge in [-0.1, -0.05) is 22.0 Å². The van der Waals surface area contributed by atoms with Crippen LogP contribution in [-0.4, -0.2) is 33.2 Å². The maximum atomic E-state index is 12.9. The largest absolute Gasteiger partial charge is 0.481 e. The second kappa shape index (κ2) is 8.06. The predicted octanol–water partition coefficient (Wildman–Crippen LogP) is 4.40. The van der Waals surface area contributed by atoms with Crippen molar-refractivity contribution in [1.82, 2.24) is 9.78 Å². The van der Waals surface area contributed by atoms with Gasteiger partial charge in [-0.05, 0) is 58.7 Å². The third-order valence-electron chi connectivity index (χ3n) is 3.73. The number of rotatable bonds is 6. The molecule has 8 heteroatoms. The second-order valence-corrected chi connectivity index (χ2v) is 7.55. The number of carbonyl (C=O) groups is 2. The highest BCUT2D eigenvalue weighted by Crippen LogP contribution is 2.27. The molecule has 0 atom stereocenters. The second-order valence-electron chi connectivity index (χ2n) is 5.78. The molecule has 0 spiro atoms. The van der Waals surface area contributed by atoms with Crippen LogP contribution in [0, 0.1) is 6.92 Å². The average molecular weight is 494 g/mol. The van der Waals surface area contributed by atoms with Gasteiger partial charge >= 0.3 is 5.97 Å². The maximum absolute atomic E-state index is 12.9. The van der Waals surface area contributed by atoms with Gasteiger partial charge in [0.25, 0.3) is 0 Å². The summed E-state index contributed by atoms with van der Waals surface area (Å²) in [5.74, 6) is -1.23. The lowest BCUT2D eigenvalue weighted by molar-refractivity contribution is -0.139. The van der Waals surface area contributed by atoms with E-state index in [1.54, 1.807) is 29.1 Å². The minimum Gasteiger partial charge on any atom is -0.481 e. The zero-order valence-electron chi connectivity index (χ0n) is 14.1. The summed E-state index contributed by atoms with van der Waals surface area (Å²) in [5.41, 5.74) is 2.52. The van der Waals surface area contributed by atoms with E-state index in [0.29, 0.717) is 10.0 Å². The van der Waals surface area contributed by atoms with E-state index in [1.165, 1.54) is 6.20 Å². The molecule has 0 bridgehead atoms.